The van der Waals surface area contributed by atoms with E-state index < -0.39 is 5.91 Å². The molecule has 4 heterocycles. The van der Waals surface area contributed by atoms with E-state index in [1.165, 1.54) is 24.7 Å². The van der Waals surface area contributed by atoms with Crippen LogP contribution in [0.15, 0.2) is 51.9 Å². The first-order valence-corrected chi connectivity index (χ1v) is 7.78. The van der Waals surface area contributed by atoms with Gasteiger partial charge in [-0.25, -0.2) is 14.6 Å². The molecule has 0 radical (unpaired) electrons. The quantitative estimate of drug-likeness (QED) is 0.602. The summed E-state index contributed by atoms with van der Waals surface area (Å²) in [7, 11) is 0. The molecule has 0 unspecified atom stereocenters. The molecule has 0 aliphatic heterocycles. The van der Waals surface area contributed by atoms with Gasteiger partial charge in [0.05, 0.1) is 30.0 Å². The van der Waals surface area contributed by atoms with Crippen molar-refractivity contribution in [3.8, 4) is 17.5 Å². The van der Waals surface area contributed by atoms with Crippen molar-refractivity contribution in [2.75, 3.05) is 5.32 Å². The average Bonchev–Trinajstić information content (AvgIpc) is 3.35. The third-order valence-electron chi connectivity index (χ3n) is 3.60. The molecule has 4 rings (SSSR count). The second-order valence-electron chi connectivity index (χ2n) is 5.62. The maximum Gasteiger partial charge on any atom is 0.277 e. The van der Waals surface area contributed by atoms with Gasteiger partial charge in [-0.15, -0.1) is 0 Å². The summed E-state index contributed by atoms with van der Waals surface area (Å²) >= 11 is 0. The summed E-state index contributed by atoms with van der Waals surface area (Å²) in [6.45, 7) is 3.81. The first kappa shape index (κ1) is 15.8. The van der Waals surface area contributed by atoms with Crippen LogP contribution in [0.25, 0.3) is 17.5 Å². The summed E-state index contributed by atoms with van der Waals surface area (Å²) < 4.78 is 11.9. The molecule has 9 nitrogen and oxygen atoms in total. The van der Waals surface area contributed by atoms with Gasteiger partial charge in [-0.05, 0) is 32.0 Å². The molecule has 0 atom stereocenters. The Morgan fingerprint density at radius 2 is 1.96 bits per heavy atom. The maximum atomic E-state index is 12.3. The minimum atomic E-state index is -0.436. The van der Waals surface area contributed by atoms with Crippen LogP contribution in [0.2, 0.25) is 0 Å². The molecule has 0 bridgehead atoms. The standard InChI is InChI=1S/C17H14N6O3/c1-10-6-11(2)23(21-10)17-18-8-12(9-19-17)20-16(24)13-7-15(26-22-13)14-4-3-5-25-14/h3-9H,1-2H3,(H,20,24). The highest BCUT2D eigenvalue weighted by atomic mass is 16.5. The van der Waals surface area contributed by atoms with Crippen molar-refractivity contribution in [3.05, 3.63) is 60.0 Å². The fourth-order valence-electron chi connectivity index (χ4n) is 2.44. The number of carbonyl (C=O) groups excluding carboxylic acids is 1. The highest BCUT2D eigenvalue weighted by molar-refractivity contribution is 6.03. The summed E-state index contributed by atoms with van der Waals surface area (Å²) in [6.07, 6.45) is 4.52. The Morgan fingerprint density at radius 1 is 1.15 bits per heavy atom. The molecule has 9 heteroatoms. The number of carbonyl (C=O) groups is 1. The van der Waals surface area contributed by atoms with Gasteiger partial charge in [-0.1, -0.05) is 5.16 Å². The number of anilines is 1. The van der Waals surface area contributed by atoms with Crippen molar-refractivity contribution < 1.29 is 13.7 Å². The minimum absolute atomic E-state index is 0.124. The van der Waals surface area contributed by atoms with Crippen LogP contribution in [0.1, 0.15) is 21.9 Å². The van der Waals surface area contributed by atoms with Crippen molar-refractivity contribution in [3.63, 3.8) is 0 Å². The first-order valence-electron chi connectivity index (χ1n) is 7.78. The van der Waals surface area contributed by atoms with E-state index in [0.29, 0.717) is 23.2 Å². The molecule has 1 N–H and O–H groups in total. The molecule has 0 aliphatic rings. The third kappa shape index (κ3) is 2.97. The largest absolute Gasteiger partial charge is 0.461 e. The number of aryl methyl sites for hydroxylation is 2. The van der Waals surface area contributed by atoms with Gasteiger partial charge in [0.25, 0.3) is 11.9 Å². The summed E-state index contributed by atoms with van der Waals surface area (Å²) in [5.41, 5.74) is 2.36. The zero-order chi connectivity index (χ0) is 18.1. The lowest BCUT2D eigenvalue weighted by Gasteiger charge is -2.04. The first-order chi connectivity index (χ1) is 12.6. The molecular formula is C17H14N6O3. The molecule has 26 heavy (non-hydrogen) atoms. The lowest BCUT2D eigenvalue weighted by molar-refractivity contribution is 0.101. The smallest absolute Gasteiger partial charge is 0.277 e. The van der Waals surface area contributed by atoms with Crippen LogP contribution in [0.5, 0.6) is 0 Å². The van der Waals surface area contributed by atoms with Gasteiger partial charge in [0, 0.05) is 11.8 Å². The maximum absolute atomic E-state index is 12.3. The second kappa shape index (κ2) is 6.28. The predicted octanol–water partition coefficient (Wildman–Crippen LogP) is 2.78. The molecule has 0 saturated heterocycles. The SMILES string of the molecule is Cc1cc(C)n(-c2ncc(NC(=O)c3cc(-c4ccco4)on3)cn2)n1. The topological polar surface area (TPSA) is 112 Å². The Labute approximate surface area is 147 Å². The van der Waals surface area contributed by atoms with Crippen molar-refractivity contribution >= 4 is 11.6 Å². The Balaban J connectivity index is 1.49. The zero-order valence-electron chi connectivity index (χ0n) is 14.0. The lowest BCUT2D eigenvalue weighted by atomic mass is 10.3. The van der Waals surface area contributed by atoms with E-state index in [1.807, 2.05) is 19.9 Å². The van der Waals surface area contributed by atoms with E-state index in [-0.39, 0.29) is 5.69 Å². The van der Waals surface area contributed by atoms with E-state index in [0.717, 1.165) is 11.4 Å². The fourth-order valence-corrected chi connectivity index (χ4v) is 2.44. The van der Waals surface area contributed by atoms with E-state index in [4.69, 9.17) is 8.94 Å². The van der Waals surface area contributed by atoms with E-state index in [1.54, 1.807) is 16.8 Å². The average molecular weight is 350 g/mol. The van der Waals surface area contributed by atoms with Gasteiger partial charge in [-0.2, -0.15) is 5.10 Å². The molecule has 1 amide bonds. The van der Waals surface area contributed by atoms with Crippen LogP contribution >= 0.6 is 0 Å². The second-order valence-corrected chi connectivity index (χ2v) is 5.62. The number of nitrogens with one attached hydrogen (secondary N) is 1. The van der Waals surface area contributed by atoms with Gasteiger partial charge in [-0.3, -0.25) is 4.79 Å². The van der Waals surface area contributed by atoms with Crippen molar-refractivity contribution in [1.82, 2.24) is 24.9 Å². The van der Waals surface area contributed by atoms with Crippen LogP contribution in [-0.2, 0) is 0 Å². The van der Waals surface area contributed by atoms with Crippen molar-refractivity contribution in [2.45, 2.75) is 13.8 Å². The molecule has 0 aromatic carbocycles. The number of aromatic nitrogens is 5. The van der Waals surface area contributed by atoms with Crippen LogP contribution in [0, 0.1) is 13.8 Å². The van der Waals surface area contributed by atoms with Crippen molar-refractivity contribution in [1.29, 1.82) is 0 Å². The van der Waals surface area contributed by atoms with Gasteiger partial charge >= 0.3 is 0 Å². The minimum Gasteiger partial charge on any atom is -0.461 e. The Hall–Kier alpha value is -3.75. The molecule has 0 saturated carbocycles. The van der Waals surface area contributed by atoms with E-state index >= 15 is 0 Å². The van der Waals surface area contributed by atoms with Gasteiger partial charge in [0.2, 0.25) is 5.76 Å². The molecule has 0 fully saturated rings. The summed E-state index contributed by atoms with van der Waals surface area (Å²) in [4.78, 5) is 20.7. The number of rotatable bonds is 4. The number of amides is 1. The van der Waals surface area contributed by atoms with E-state index in [2.05, 4.69) is 25.5 Å². The lowest BCUT2D eigenvalue weighted by Crippen LogP contribution is -2.13. The molecule has 0 aliphatic carbocycles. The zero-order valence-corrected chi connectivity index (χ0v) is 14.0. The van der Waals surface area contributed by atoms with Gasteiger partial charge in [0.15, 0.2) is 11.5 Å². The monoisotopic (exact) mass is 350 g/mol. The number of hydrogen-bond acceptors (Lipinski definition) is 7. The summed E-state index contributed by atoms with van der Waals surface area (Å²) in [5.74, 6) is 0.856. The van der Waals surface area contributed by atoms with Gasteiger partial charge < -0.3 is 14.3 Å². The highest BCUT2D eigenvalue weighted by Gasteiger charge is 2.16. The number of furan rings is 1. The molecule has 4 aromatic heterocycles. The van der Waals surface area contributed by atoms with Crippen molar-refractivity contribution in [2.24, 2.45) is 0 Å². The van der Waals surface area contributed by atoms with E-state index in [9.17, 15) is 4.79 Å². The number of hydrogen-bond donors (Lipinski definition) is 1. The van der Waals surface area contributed by atoms with Crippen LogP contribution < -0.4 is 5.32 Å². The molecule has 0 spiro atoms. The highest BCUT2D eigenvalue weighted by Crippen LogP contribution is 2.21. The molecule has 130 valence electrons. The predicted molar refractivity (Wildman–Crippen MR) is 90.8 cm³/mol. The normalized spacial score (nSPS) is 10.8. The molecule has 4 aromatic rings. The Bertz CT molecular complexity index is 1050. The Morgan fingerprint density at radius 3 is 2.62 bits per heavy atom. The Kier molecular flexibility index (Phi) is 3.81. The van der Waals surface area contributed by atoms with Crippen LogP contribution in [-0.4, -0.2) is 30.8 Å². The fraction of sp³-hybridized carbons (Fsp3) is 0.118. The van der Waals surface area contributed by atoms with Crippen LogP contribution in [0.3, 0.4) is 0 Å². The summed E-state index contributed by atoms with van der Waals surface area (Å²) in [5, 5.41) is 10.7. The number of nitrogens with zero attached hydrogens (tertiary/aromatic N) is 5. The van der Waals surface area contributed by atoms with Crippen LogP contribution in [0.4, 0.5) is 5.69 Å². The van der Waals surface area contributed by atoms with Gasteiger partial charge in [0.1, 0.15) is 0 Å². The summed E-state index contributed by atoms with van der Waals surface area (Å²) in [6, 6.07) is 6.87. The molecular weight excluding hydrogens is 336 g/mol. The third-order valence-corrected chi connectivity index (χ3v) is 3.60.